The monoisotopic (exact) mass is 462 g/mol. The van der Waals surface area contributed by atoms with E-state index in [2.05, 4.69) is 10.0 Å². The lowest BCUT2D eigenvalue weighted by Crippen LogP contribution is -2.05. The van der Waals surface area contributed by atoms with E-state index >= 15 is 0 Å². The van der Waals surface area contributed by atoms with Gasteiger partial charge in [-0.1, -0.05) is 17.7 Å². The Balaban J connectivity index is 1.87. The van der Waals surface area contributed by atoms with Gasteiger partial charge in [-0.25, -0.2) is 13.2 Å². The summed E-state index contributed by atoms with van der Waals surface area (Å²) in [4.78, 5) is 0.224. The summed E-state index contributed by atoms with van der Waals surface area (Å²) in [6.45, 7) is 1.67. The summed E-state index contributed by atoms with van der Waals surface area (Å²) < 4.78 is 83.2. The minimum absolute atomic E-state index is 0.0369. The molecule has 0 aliphatic rings. The first-order valence-electron chi connectivity index (χ1n) is 8.37. The molecule has 0 aromatic heterocycles. The summed E-state index contributed by atoms with van der Waals surface area (Å²) in [5.74, 6) is -3.07. The van der Waals surface area contributed by atoms with Gasteiger partial charge in [0, 0.05) is 4.90 Å². The Bertz CT molecular complexity index is 1090. The topological polar surface area (TPSA) is 24.1 Å². The van der Waals surface area contributed by atoms with Crippen molar-refractivity contribution in [1.29, 1.82) is 0 Å². The van der Waals surface area contributed by atoms with Crippen LogP contribution in [0.15, 0.2) is 53.4 Å². The molecule has 0 aliphatic heterocycles. The van der Waals surface area contributed by atoms with Crippen LogP contribution in [-0.2, 0) is 6.18 Å². The first-order chi connectivity index (χ1) is 14.1. The SMILES string of the molecule is Cc1ccc(Nc2c(NSc3ccc(C(F)(F)F)cc3Cl)ccc(F)c2F)c(F)c1. The third-order valence-electron chi connectivity index (χ3n) is 4.01. The van der Waals surface area contributed by atoms with Crippen LogP contribution in [-0.4, -0.2) is 0 Å². The lowest BCUT2D eigenvalue weighted by molar-refractivity contribution is -0.137. The second-order valence-electron chi connectivity index (χ2n) is 6.24. The van der Waals surface area contributed by atoms with Gasteiger partial charge in [-0.3, -0.25) is 0 Å². The zero-order valence-corrected chi connectivity index (χ0v) is 16.7. The number of benzene rings is 3. The largest absolute Gasteiger partial charge is 0.416 e. The normalized spacial score (nSPS) is 11.5. The minimum atomic E-state index is -4.55. The molecule has 2 N–H and O–H groups in total. The van der Waals surface area contributed by atoms with E-state index < -0.39 is 29.2 Å². The molecule has 0 heterocycles. The van der Waals surface area contributed by atoms with Crippen molar-refractivity contribution in [2.45, 2.75) is 18.0 Å². The van der Waals surface area contributed by atoms with Crippen molar-refractivity contribution in [1.82, 2.24) is 0 Å². The summed E-state index contributed by atoms with van der Waals surface area (Å²) in [5, 5.41) is 2.33. The summed E-state index contributed by atoms with van der Waals surface area (Å²) >= 11 is 6.70. The van der Waals surface area contributed by atoms with Crippen LogP contribution in [0.25, 0.3) is 0 Å². The van der Waals surface area contributed by atoms with Crippen molar-refractivity contribution < 1.29 is 26.3 Å². The zero-order valence-electron chi connectivity index (χ0n) is 15.2. The van der Waals surface area contributed by atoms with Crippen LogP contribution < -0.4 is 10.0 Å². The van der Waals surface area contributed by atoms with Crippen molar-refractivity contribution in [3.8, 4) is 0 Å². The second-order valence-corrected chi connectivity index (χ2v) is 7.49. The lowest BCUT2D eigenvalue weighted by atomic mass is 10.2. The molecule has 0 saturated carbocycles. The molecule has 0 radical (unpaired) electrons. The van der Waals surface area contributed by atoms with Crippen LogP contribution in [0.5, 0.6) is 0 Å². The van der Waals surface area contributed by atoms with E-state index in [1.165, 1.54) is 18.2 Å². The van der Waals surface area contributed by atoms with E-state index in [0.29, 0.717) is 5.56 Å². The van der Waals surface area contributed by atoms with Crippen molar-refractivity contribution in [3.63, 3.8) is 0 Å². The van der Waals surface area contributed by atoms with Gasteiger partial charge in [0.1, 0.15) is 11.5 Å². The number of nitrogens with one attached hydrogen (secondary N) is 2. The van der Waals surface area contributed by atoms with E-state index in [9.17, 15) is 26.3 Å². The fraction of sp³-hybridized carbons (Fsp3) is 0.100. The fourth-order valence-electron chi connectivity index (χ4n) is 2.48. The maximum absolute atomic E-state index is 14.4. The molecule has 0 unspecified atom stereocenters. The standard InChI is InChI=1S/C20H13ClF6N2S/c1-10-2-5-15(14(23)8-10)28-19-16(6-4-13(22)18(19)24)29-30-17-7-3-11(9-12(17)21)20(25,26)27/h2-9,28-29H,1H3. The Labute approximate surface area is 177 Å². The molecule has 0 bridgehead atoms. The molecular weight excluding hydrogens is 450 g/mol. The maximum atomic E-state index is 14.4. The highest BCUT2D eigenvalue weighted by molar-refractivity contribution is 8.00. The van der Waals surface area contributed by atoms with Crippen molar-refractivity contribution >= 4 is 40.6 Å². The van der Waals surface area contributed by atoms with Crippen molar-refractivity contribution in [2.24, 2.45) is 0 Å². The molecule has 30 heavy (non-hydrogen) atoms. The highest BCUT2D eigenvalue weighted by Crippen LogP contribution is 2.38. The Morgan fingerprint density at radius 2 is 1.57 bits per heavy atom. The maximum Gasteiger partial charge on any atom is 0.416 e. The molecule has 0 atom stereocenters. The quantitative estimate of drug-likeness (QED) is 0.297. The average molecular weight is 463 g/mol. The highest BCUT2D eigenvalue weighted by Gasteiger charge is 2.31. The Morgan fingerprint density at radius 3 is 2.20 bits per heavy atom. The van der Waals surface area contributed by atoms with E-state index in [1.807, 2.05) is 0 Å². The van der Waals surface area contributed by atoms with Crippen molar-refractivity contribution in [2.75, 3.05) is 10.0 Å². The van der Waals surface area contributed by atoms with Gasteiger partial charge in [0.25, 0.3) is 0 Å². The molecule has 0 saturated heterocycles. The number of hydrogen-bond donors (Lipinski definition) is 2. The van der Waals surface area contributed by atoms with E-state index in [0.717, 1.165) is 36.2 Å². The van der Waals surface area contributed by atoms with Crippen LogP contribution in [0, 0.1) is 24.4 Å². The van der Waals surface area contributed by atoms with Crippen LogP contribution in [0.1, 0.15) is 11.1 Å². The third kappa shape index (κ3) is 4.96. The molecule has 3 rings (SSSR count). The fourth-order valence-corrected chi connectivity index (χ4v) is 3.46. The van der Waals surface area contributed by atoms with Crippen molar-refractivity contribution in [3.05, 3.63) is 82.1 Å². The van der Waals surface area contributed by atoms with Gasteiger partial charge in [-0.2, -0.15) is 13.2 Å². The first-order valence-corrected chi connectivity index (χ1v) is 9.56. The number of hydrogen-bond acceptors (Lipinski definition) is 3. The van der Waals surface area contributed by atoms with Gasteiger partial charge in [0.05, 0.1) is 22.0 Å². The minimum Gasteiger partial charge on any atom is -0.349 e. The van der Waals surface area contributed by atoms with Crippen LogP contribution >= 0.6 is 23.5 Å². The number of anilines is 3. The molecule has 10 heteroatoms. The van der Waals surface area contributed by atoms with Gasteiger partial charge >= 0.3 is 6.18 Å². The van der Waals surface area contributed by atoms with Crippen LogP contribution in [0.3, 0.4) is 0 Å². The van der Waals surface area contributed by atoms with Gasteiger partial charge < -0.3 is 10.0 Å². The number of rotatable bonds is 5. The molecule has 3 aromatic rings. The van der Waals surface area contributed by atoms with E-state index in [1.54, 1.807) is 13.0 Å². The second kappa shape index (κ2) is 8.69. The summed E-state index contributed by atoms with van der Waals surface area (Å²) in [6.07, 6.45) is -4.55. The Kier molecular flexibility index (Phi) is 6.42. The Morgan fingerprint density at radius 1 is 0.867 bits per heavy atom. The Hall–Kier alpha value is -2.52. The summed E-state index contributed by atoms with van der Waals surface area (Å²) in [7, 11) is 0. The van der Waals surface area contributed by atoms with Crippen LogP contribution in [0.2, 0.25) is 5.02 Å². The van der Waals surface area contributed by atoms with E-state index in [-0.39, 0.29) is 27.0 Å². The van der Waals surface area contributed by atoms with Gasteiger partial charge in [-0.15, -0.1) is 0 Å². The highest BCUT2D eigenvalue weighted by atomic mass is 35.5. The molecule has 2 nitrogen and oxygen atoms in total. The molecule has 0 spiro atoms. The number of aryl methyl sites for hydroxylation is 1. The lowest BCUT2D eigenvalue weighted by Gasteiger charge is -2.16. The number of alkyl halides is 3. The van der Waals surface area contributed by atoms with E-state index in [4.69, 9.17) is 11.6 Å². The summed E-state index contributed by atoms with van der Waals surface area (Å²) in [6, 6.07) is 9.02. The molecule has 0 amide bonds. The first kappa shape index (κ1) is 22.2. The van der Waals surface area contributed by atoms with Gasteiger partial charge in [0.2, 0.25) is 0 Å². The third-order valence-corrected chi connectivity index (χ3v) is 5.33. The smallest absolute Gasteiger partial charge is 0.349 e. The predicted molar refractivity (Wildman–Crippen MR) is 107 cm³/mol. The molecule has 158 valence electrons. The van der Waals surface area contributed by atoms with Crippen LogP contribution in [0.4, 0.5) is 43.4 Å². The average Bonchev–Trinajstić information content (AvgIpc) is 2.66. The molecule has 0 fully saturated rings. The predicted octanol–water partition coefficient (Wildman–Crippen LogP) is 7.95. The molecule has 0 aliphatic carbocycles. The number of halogens is 7. The molecule has 3 aromatic carbocycles. The van der Waals surface area contributed by atoms with Gasteiger partial charge in [0.15, 0.2) is 11.6 Å². The molecular formula is C20H13ClF6N2S. The summed E-state index contributed by atoms with van der Waals surface area (Å²) in [5.41, 5.74) is -0.681. The van der Waals surface area contributed by atoms with Gasteiger partial charge in [-0.05, 0) is 66.9 Å². The zero-order chi connectivity index (χ0) is 22.1.